The van der Waals surface area contributed by atoms with Crippen molar-refractivity contribution in [1.82, 2.24) is 0 Å². The summed E-state index contributed by atoms with van der Waals surface area (Å²) < 4.78 is 0.917. The van der Waals surface area contributed by atoms with Crippen LogP contribution in [-0.4, -0.2) is 12.1 Å². The van der Waals surface area contributed by atoms with Crippen LogP contribution in [0.1, 0.15) is 39.5 Å². The molecule has 1 atom stereocenters. The van der Waals surface area contributed by atoms with Crippen molar-refractivity contribution in [3.8, 4) is 0 Å². The fraction of sp³-hybridized carbons (Fsp3) is 0.600. The molecule has 1 fully saturated rings. The maximum Gasteiger partial charge on any atom is 0.0549 e. The zero-order valence-electron chi connectivity index (χ0n) is 11.6. The summed E-state index contributed by atoms with van der Waals surface area (Å²) in [5, 5.41) is 4.42. The molecular weight excluding hydrogens is 324 g/mol. The molecule has 1 saturated carbocycles. The fourth-order valence-electron chi connectivity index (χ4n) is 3.08. The van der Waals surface area contributed by atoms with Gasteiger partial charge in [-0.25, -0.2) is 0 Å². The first-order valence-electron chi connectivity index (χ1n) is 6.83. The highest BCUT2D eigenvalue weighted by Gasteiger charge is 2.45. The van der Waals surface area contributed by atoms with Crippen LogP contribution in [0.5, 0.6) is 0 Å². The summed E-state index contributed by atoms with van der Waals surface area (Å²) in [6.45, 7) is 5.29. The number of benzene rings is 1. The number of halogens is 2. The molecule has 0 aliphatic heterocycles. The van der Waals surface area contributed by atoms with E-state index in [9.17, 15) is 0 Å². The lowest BCUT2D eigenvalue weighted by Gasteiger charge is -2.51. The van der Waals surface area contributed by atoms with E-state index >= 15 is 0 Å². The molecule has 0 bridgehead atoms. The highest BCUT2D eigenvalue weighted by molar-refractivity contribution is 9.10. The highest BCUT2D eigenvalue weighted by Crippen LogP contribution is 2.45. The van der Waals surface area contributed by atoms with Crippen molar-refractivity contribution in [3.63, 3.8) is 0 Å². The van der Waals surface area contributed by atoms with E-state index in [1.54, 1.807) is 0 Å². The van der Waals surface area contributed by atoms with Crippen LogP contribution in [-0.2, 0) is 0 Å². The zero-order chi connectivity index (χ0) is 14.1. The van der Waals surface area contributed by atoms with E-state index in [4.69, 9.17) is 17.3 Å². The minimum absolute atomic E-state index is 0.0292. The largest absolute Gasteiger partial charge is 0.378 e. The Kier molecular flexibility index (Phi) is 4.49. The van der Waals surface area contributed by atoms with Crippen molar-refractivity contribution in [2.75, 3.05) is 11.9 Å². The molecule has 4 heteroatoms. The monoisotopic (exact) mass is 344 g/mol. The molecular formula is C15H22BrClN2. The Labute approximate surface area is 129 Å². The maximum absolute atomic E-state index is 6.13. The van der Waals surface area contributed by atoms with Crippen LogP contribution in [0.4, 0.5) is 5.69 Å². The van der Waals surface area contributed by atoms with Gasteiger partial charge in [0.1, 0.15) is 0 Å². The third-order valence-corrected chi connectivity index (χ3v) is 5.82. The van der Waals surface area contributed by atoms with Crippen molar-refractivity contribution < 1.29 is 0 Å². The van der Waals surface area contributed by atoms with Crippen LogP contribution < -0.4 is 11.1 Å². The Hall–Kier alpha value is -0.250. The van der Waals surface area contributed by atoms with E-state index in [2.05, 4.69) is 35.1 Å². The van der Waals surface area contributed by atoms with Gasteiger partial charge < -0.3 is 11.1 Å². The molecule has 1 unspecified atom stereocenters. The number of anilines is 1. The normalized spacial score (nSPS) is 26.2. The fourth-order valence-corrected chi connectivity index (χ4v) is 3.58. The quantitative estimate of drug-likeness (QED) is 0.825. The number of hydrogen-bond donors (Lipinski definition) is 2. The molecule has 2 nitrogen and oxygen atoms in total. The summed E-state index contributed by atoms with van der Waals surface area (Å²) in [6.07, 6.45) is 4.87. The molecule has 1 aromatic rings. The van der Waals surface area contributed by atoms with E-state index in [0.29, 0.717) is 6.54 Å². The molecule has 19 heavy (non-hydrogen) atoms. The molecule has 0 spiro atoms. The number of nitrogens with one attached hydrogen (secondary N) is 1. The Bertz CT molecular complexity index is 461. The van der Waals surface area contributed by atoms with Gasteiger partial charge >= 0.3 is 0 Å². The van der Waals surface area contributed by atoms with Crippen molar-refractivity contribution in [2.24, 2.45) is 11.1 Å². The van der Waals surface area contributed by atoms with Crippen LogP contribution in [0, 0.1) is 5.41 Å². The van der Waals surface area contributed by atoms with Crippen LogP contribution in [0.2, 0.25) is 5.02 Å². The van der Waals surface area contributed by atoms with Gasteiger partial charge in [0.15, 0.2) is 0 Å². The van der Waals surface area contributed by atoms with Crippen LogP contribution >= 0.6 is 27.5 Å². The first-order chi connectivity index (χ1) is 8.90. The second-order valence-electron chi connectivity index (χ2n) is 6.13. The molecule has 1 aliphatic rings. The third kappa shape index (κ3) is 2.93. The summed E-state index contributed by atoms with van der Waals surface area (Å²) in [6, 6.07) is 5.97. The average Bonchev–Trinajstić information content (AvgIpc) is 2.36. The van der Waals surface area contributed by atoms with Gasteiger partial charge in [-0.1, -0.05) is 38.3 Å². The van der Waals surface area contributed by atoms with Crippen LogP contribution in [0.25, 0.3) is 0 Å². The molecule has 0 saturated heterocycles. The van der Waals surface area contributed by atoms with Crippen molar-refractivity contribution in [1.29, 1.82) is 0 Å². The molecule has 3 N–H and O–H groups in total. The number of nitrogens with two attached hydrogens (primary N) is 1. The molecule has 1 aliphatic carbocycles. The lowest BCUT2D eigenvalue weighted by Crippen LogP contribution is -2.58. The third-order valence-electron chi connectivity index (χ3n) is 4.60. The molecule has 0 radical (unpaired) electrons. The standard InChI is InChI=1S/C15H22BrClN2/c1-14(2)7-3-4-8-15(14,10-18)19-11-5-6-13(17)12(16)9-11/h5-6,9,19H,3-4,7-8,10,18H2,1-2H3. The first kappa shape index (κ1) is 15.1. The Balaban J connectivity index is 2.29. The first-order valence-corrected chi connectivity index (χ1v) is 8.01. The smallest absolute Gasteiger partial charge is 0.0549 e. The predicted molar refractivity (Wildman–Crippen MR) is 86.8 cm³/mol. The number of hydrogen-bond acceptors (Lipinski definition) is 2. The highest BCUT2D eigenvalue weighted by atomic mass is 79.9. The van der Waals surface area contributed by atoms with E-state index in [0.717, 1.165) is 21.6 Å². The molecule has 1 aromatic carbocycles. The van der Waals surface area contributed by atoms with Gasteiger partial charge in [-0.05, 0) is 52.4 Å². The Morgan fingerprint density at radius 2 is 2.00 bits per heavy atom. The lowest BCUT2D eigenvalue weighted by atomic mass is 9.63. The van der Waals surface area contributed by atoms with E-state index in [1.165, 1.54) is 19.3 Å². The molecule has 0 heterocycles. The van der Waals surface area contributed by atoms with E-state index in [1.807, 2.05) is 18.2 Å². The van der Waals surface area contributed by atoms with E-state index < -0.39 is 0 Å². The lowest BCUT2D eigenvalue weighted by molar-refractivity contribution is 0.125. The maximum atomic E-state index is 6.13. The predicted octanol–water partition coefficient (Wildman–Crippen LogP) is 4.81. The number of rotatable bonds is 3. The summed E-state index contributed by atoms with van der Waals surface area (Å²) in [5.41, 5.74) is 7.38. The SMILES string of the molecule is CC1(C)CCCCC1(CN)Nc1ccc(Cl)c(Br)c1. The summed E-state index contributed by atoms with van der Waals surface area (Å²) in [5.74, 6) is 0. The van der Waals surface area contributed by atoms with Crippen LogP contribution in [0.3, 0.4) is 0 Å². The Morgan fingerprint density at radius 3 is 2.58 bits per heavy atom. The minimum atomic E-state index is -0.0292. The molecule has 0 aromatic heterocycles. The summed E-state index contributed by atoms with van der Waals surface area (Å²) in [4.78, 5) is 0. The zero-order valence-corrected chi connectivity index (χ0v) is 13.9. The molecule has 106 valence electrons. The van der Waals surface area contributed by atoms with Gasteiger partial charge in [0, 0.05) is 16.7 Å². The second kappa shape index (κ2) is 5.63. The molecule has 0 amide bonds. The summed E-state index contributed by atoms with van der Waals surface area (Å²) >= 11 is 9.52. The Morgan fingerprint density at radius 1 is 1.32 bits per heavy atom. The van der Waals surface area contributed by atoms with Crippen molar-refractivity contribution in [2.45, 2.75) is 45.1 Å². The van der Waals surface area contributed by atoms with Gasteiger partial charge in [-0.3, -0.25) is 0 Å². The van der Waals surface area contributed by atoms with Crippen LogP contribution in [0.15, 0.2) is 22.7 Å². The van der Waals surface area contributed by atoms with Gasteiger partial charge in [-0.15, -0.1) is 0 Å². The average molecular weight is 346 g/mol. The minimum Gasteiger partial charge on any atom is -0.378 e. The van der Waals surface area contributed by atoms with Crippen molar-refractivity contribution in [3.05, 3.63) is 27.7 Å². The van der Waals surface area contributed by atoms with Gasteiger partial charge in [0.05, 0.1) is 10.6 Å². The van der Waals surface area contributed by atoms with Gasteiger partial charge in [0.25, 0.3) is 0 Å². The van der Waals surface area contributed by atoms with Gasteiger partial charge in [0.2, 0.25) is 0 Å². The van der Waals surface area contributed by atoms with Crippen molar-refractivity contribution >= 4 is 33.2 Å². The van der Waals surface area contributed by atoms with Gasteiger partial charge in [-0.2, -0.15) is 0 Å². The molecule has 2 rings (SSSR count). The second-order valence-corrected chi connectivity index (χ2v) is 7.39. The summed E-state index contributed by atoms with van der Waals surface area (Å²) in [7, 11) is 0. The van der Waals surface area contributed by atoms with E-state index in [-0.39, 0.29) is 11.0 Å². The topological polar surface area (TPSA) is 38.0 Å².